The van der Waals surface area contributed by atoms with Crippen LogP contribution in [0.5, 0.6) is 0 Å². The van der Waals surface area contributed by atoms with Crippen molar-refractivity contribution < 1.29 is 19.1 Å². The molecule has 26 heavy (non-hydrogen) atoms. The second-order valence-corrected chi connectivity index (χ2v) is 7.80. The van der Waals surface area contributed by atoms with Gasteiger partial charge in [-0.25, -0.2) is 9.59 Å². The third-order valence-electron chi connectivity index (χ3n) is 3.68. The van der Waals surface area contributed by atoms with Gasteiger partial charge in [-0.2, -0.15) is 0 Å². The van der Waals surface area contributed by atoms with Crippen molar-refractivity contribution in [3.63, 3.8) is 0 Å². The number of hydrogen-bond donors (Lipinski definition) is 2. The van der Waals surface area contributed by atoms with Crippen LogP contribution in [-0.2, 0) is 14.3 Å². The molecule has 0 saturated heterocycles. The molecule has 3 N–H and O–H groups in total. The summed E-state index contributed by atoms with van der Waals surface area (Å²) in [5, 5.41) is 2.64. The number of rotatable bonds is 7. The molecule has 1 rings (SSSR count). The molecule has 0 fully saturated rings. The van der Waals surface area contributed by atoms with E-state index < -0.39 is 23.7 Å². The van der Waals surface area contributed by atoms with Gasteiger partial charge in [0.05, 0.1) is 6.10 Å². The Bertz CT molecular complexity index is 579. The number of carbonyl (C=O) groups is 2. The number of hydrogen-bond acceptors (Lipinski definition) is 5. The Kier molecular flexibility index (Phi) is 8.08. The Hall–Kier alpha value is -2.08. The number of carbonyl (C=O) groups excluding carboxylic acids is 2. The third kappa shape index (κ3) is 7.87. The highest BCUT2D eigenvalue weighted by Gasteiger charge is 2.30. The fourth-order valence-corrected chi connectivity index (χ4v) is 2.59. The highest BCUT2D eigenvalue weighted by atomic mass is 16.6. The molecule has 0 aliphatic rings. The largest absolute Gasteiger partial charge is 0.461 e. The van der Waals surface area contributed by atoms with Crippen molar-refractivity contribution in [3.8, 4) is 0 Å². The van der Waals surface area contributed by atoms with Gasteiger partial charge in [-0.05, 0) is 53.5 Å². The van der Waals surface area contributed by atoms with E-state index in [-0.39, 0.29) is 18.1 Å². The van der Waals surface area contributed by atoms with E-state index in [0.717, 1.165) is 5.56 Å². The topological polar surface area (TPSA) is 90.6 Å². The molecule has 0 bridgehead atoms. The van der Waals surface area contributed by atoms with Crippen LogP contribution in [-0.4, -0.2) is 35.9 Å². The van der Waals surface area contributed by atoms with Crippen molar-refractivity contribution in [1.29, 1.82) is 0 Å². The van der Waals surface area contributed by atoms with Crippen molar-refractivity contribution in [1.82, 2.24) is 5.32 Å². The standard InChI is InChI=1S/C20H32N2O4/c1-13(2)25-18(23)17(22-19(24)26-20(4,5)6)12-16(14(3)21)15-10-8-7-9-11-15/h7-11,13-14,16-17H,12,21H2,1-6H3,(H,22,24)/t14-,16-,17-/m0/s1. The van der Waals surface area contributed by atoms with Crippen LogP contribution in [0.4, 0.5) is 4.79 Å². The minimum atomic E-state index is -0.844. The van der Waals surface area contributed by atoms with Crippen LogP contribution >= 0.6 is 0 Å². The fraction of sp³-hybridized carbons (Fsp3) is 0.600. The summed E-state index contributed by atoms with van der Waals surface area (Å²) < 4.78 is 10.6. The van der Waals surface area contributed by atoms with Crippen LogP contribution in [0.15, 0.2) is 30.3 Å². The van der Waals surface area contributed by atoms with Crippen molar-refractivity contribution in [2.45, 2.75) is 77.7 Å². The van der Waals surface area contributed by atoms with Crippen LogP contribution in [0.2, 0.25) is 0 Å². The molecule has 1 aromatic carbocycles. The lowest BCUT2D eigenvalue weighted by Gasteiger charge is -2.28. The van der Waals surface area contributed by atoms with Crippen LogP contribution in [0.3, 0.4) is 0 Å². The monoisotopic (exact) mass is 364 g/mol. The zero-order valence-electron chi connectivity index (χ0n) is 16.6. The first-order valence-corrected chi connectivity index (χ1v) is 9.00. The maximum absolute atomic E-state index is 12.5. The summed E-state index contributed by atoms with van der Waals surface area (Å²) in [6, 6.07) is 8.65. The Morgan fingerprint density at radius 2 is 1.69 bits per heavy atom. The molecule has 0 saturated carbocycles. The van der Waals surface area contributed by atoms with Gasteiger partial charge < -0.3 is 20.5 Å². The number of nitrogens with one attached hydrogen (secondary N) is 1. The van der Waals surface area contributed by atoms with E-state index in [2.05, 4.69) is 5.32 Å². The minimum Gasteiger partial charge on any atom is -0.461 e. The first-order chi connectivity index (χ1) is 12.0. The highest BCUT2D eigenvalue weighted by Crippen LogP contribution is 2.25. The zero-order chi connectivity index (χ0) is 19.9. The molecule has 0 radical (unpaired) electrons. The van der Waals surface area contributed by atoms with Gasteiger partial charge in [0.2, 0.25) is 0 Å². The van der Waals surface area contributed by atoms with Crippen LogP contribution in [0.1, 0.15) is 59.4 Å². The number of amides is 1. The van der Waals surface area contributed by atoms with Gasteiger partial charge in [0.1, 0.15) is 11.6 Å². The number of ether oxygens (including phenoxy) is 2. The molecular weight excluding hydrogens is 332 g/mol. The second-order valence-electron chi connectivity index (χ2n) is 7.80. The molecule has 0 aliphatic heterocycles. The van der Waals surface area contributed by atoms with E-state index in [9.17, 15) is 9.59 Å². The number of nitrogens with two attached hydrogens (primary N) is 1. The Morgan fingerprint density at radius 1 is 1.12 bits per heavy atom. The van der Waals surface area contributed by atoms with Gasteiger partial charge in [0.25, 0.3) is 0 Å². The molecule has 146 valence electrons. The molecule has 0 aliphatic carbocycles. The van der Waals surface area contributed by atoms with Crippen molar-refractivity contribution in [2.75, 3.05) is 0 Å². The molecule has 6 heteroatoms. The van der Waals surface area contributed by atoms with Gasteiger partial charge >= 0.3 is 12.1 Å². The number of esters is 1. The molecule has 3 atom stereocenters. The van der Waals surface area contributed by atoms with Gasteiger partial charge in [0.15, 0.2) is 0 Å². The Morgan fingerprint density at radius 3 is 2.15 bits per heavy atom. The first kappa shape index (κ1) is 22.0. The zero-order valence-corrected chi connectivity index (χ0v) is 16.6. The van der Waals surface area contributed by atoms with Gasteiger partial charge in [-0.3, -0.25) is 0 Å². The number of alkyl carbamates (subject to hydrolysis) is 1. The summed E-state index contributed by atoms with van der Waals surface area (Å²) >= 11 is 0. The van der Waals surface area contributed by atoms with Crippen LogP contribution < -0.4 is 11.1 Å². The molecular formula is C20H32N2O4. The minimum absolute atomic E-state index is 0.115. The lowest BCUT2D eigenvalue weighted by atomic mass is 9.87. The smallest absolute Gasteiger partial charge is 0.408 e. The van der Waals surface area contributed by atoms with Crippen molar-refractivity contribution in [2.24, 2.45) is 5.73 Å². The van der Waals surface area contributed by atoms with E-state index >= 15 is 0 Å². The summed E-state index contributed by atoms with van der Waals surface area (Å²) in [6.45, 7) is 10.7. The molecule has 6 nitrogen and oxygen atoms in total. The molecule has 0 spiro atoms. The predicted molar refractivity (Wildman–Crippen MR) is 102 cm³/mol. The lowest BCUT2D eigenvalue weighted by molar-refractivity contribution is -0.150. The summed E-state index contributed by atoms with van der Waals surface area (Å²) in [4.78, 5) is 24.7. The average molecular weight is 364 g/mol. The van der Waals surface area contributed by atoms with Crippen molar-refractivity contribution >= 4 is 12.1 Å². The van der Waals surface area contributed by atoms with Gasteiger partial charge in [0, 0.05) is 12.0 Å². The number of benzene rings is 1. The summed E-state index contributed by atoms with van der Waals surface area (Å²) in [7, 11) is 0. The molecule has 0 aromatic heterocycles. The van der Waals surface area contributed by atoms with Gasteiger partial charge in [-0.15, -0.1) is 0 Å². The maximum atomic E-state index is 12.5. The van der Waals surface area contributed by atoms with E-state index in [1.807, 2.05) is 37.3 Å². The Labute approximate surface area is 156 Å². The average Bonchev–Trinajstić information content (AvgIpc) is 2.49. The summed E-state index contributed by atoms with van der Waals surface area (Å²) in [6.07, 6.45) is -0.609. The van der Waals surface area contributed by atoms with E-state index in [1.54, 1.807) is 34.6 Å². The van der Waals surface area contributed by atoms with Crippen LogP contribution in [0, 0.1) is 0 Å². The maximum Gasteiger partial charge on any atom is 0.408 e. The highest BCUT2D eigenvalue weighted by molar-refractivity contribution is 5.81. The first-order valence-electron chi connectivity index (χ1n) is 9.00. The quantitative estimate of drug-likeness (QED) is 0.724. The lowest BCUT2D eigenvalue weighted by Crippen LogP contribution is -2.46. The fourth-order valence-electron chi connectivity index (χ4n) is 2.59. The van der Waals surface area contributed by atoms with Crippen LogP contribution in [0.25, 0.3) is 0 Å². The van der Waals surface area contributed by atoms with Gasteiger partial charge in [-0.1, -0.05) is 30.3 Å². The molecule has 1 aromatic rings. The summed E-state index contributed by atoms with van der Waals surface area (Å²) in [5.74, 6) is -0.608. The van der Waals surface area contributed by atoms with E-state index in [4.69, 9.17) is 15.2 Å². The molecule has 0 unspecified atom stereocenters. The molecule has 1 amide bonds. The summed E-state index contributed by atoms with van der Waals surface area (Å²) in [5.41, 5.74) is 6.51. The second kappa shape index (κ2) is 9.57. The van der Waals surface area contributed by atoms with Crippen molar-refractivity contribution in [3.05, 3.63) is 35.9 Å². The normalized spacial score (nSPS) is 15.1. The molecule has 0 heterocycles. The van der Waals surface area contributed by atoms with E-state index in [1.165, 1.54) is 0 Å². The Balaban J connectivity index is 2.98. The third-order valence-corrected chi connectivity index (χ3v) is 3.68. The SMILES string of the molecule is CC(C)OC(=O)[C@H](C[C@H](c1ccccc1)[C@H](C)N)NC(=O)OC(C)(C)C. The predicted octanol–water partition coefficient (Wildman–Crippen LogP) is 3.35. The van der Waals surface area contributed by atoms with E-state index in [0.29, 0.717) is 6.42 Å².